The van der Waals surface area contributed by atoms with E-state index in [0.29, 0.717) is 12.5 Å². The lowest BCUT2D eigenvalue weighted by molar-refractivity contribution is -0.155. The highest BCUT2D eigenvalue weighted by molar-refractivity contribution is 5.79. The van der Waals surface area contributed by atoms with Crippen LogP contribution in [0, 0.1) is 5.92 Å². The van der Waals surface area contributed by atoms with Gasteiger partial charge in [-0.05, 0) is 26.2 Å². The van der Waals surface area contributed by atoms with Crippen LogP contribution in [0.3, 0.4) is 0 Å². The second kappa shape index (κ2) is 4.91. The minimum atomic E-state index is -1.93. The Balaban J connectivity index is 2.48. The number of nitrogens with zero attached hydrogens (tertiary/aromatic N) is 1. The number of nitrogens with one attached hydrogen (secondary N) is 1. The van der Waals surface area contributed by atoms with Gasteiger partial charge in [-0.3, -0.25) is 0 Å². The van der Waals surface area contributed by atoms with Gasteiger partial charge in [0.05, 0.1) is 6.54 Å². The predicted octanol–water partition coefficient (Wildman–Crippen LogP) is 0.262. The Bertz CT molecular complexity index is 317. The number of amides is 2. The van der Waals surface area contributed by atoms with Crippen molar-refractivity contribution >= 4 is 12.0 Å². The van der Waals surface area contributed by atoms with E-state index in [1.807, 2.05) is 6.92 Å². The van der Waals surface area contributed by atoms with E-state index in [1.54, 1.807) is 4.90 Å². The van der Waals surface area contributed by atoms with Gasteiger partial charge >= 0.3 is 12.0 Å². The Morgan fingerprint density at radius 2 is 2.06 bits per heavy atom. The Morgan fingerprint density at radius 3 is 2.47 bits per heavy atom. The average Bonchev–Trinajstić information content (AvgIpc) is 2.54. The highest BCUT2D eigenvalue weighted by Gasteiger charge is 2.33. The van der Waals surface area contributed by atoms with E-state index >= 15 is 0 Å². The molecule has 0 bridgehead atoms. The Kier molecular flexibility index (Phi) is 3.98. The molecule has 2 amide bonds. The first-order valence-electron chi connectivity index (χ1n) is 5.74. The number of carbonyl (C=O) groups excluding carboxylic acids is 1. The molecule has 1 aliphatic heterocycles. The quantitative estimate of drug-likeness (QED) is 0.664. The van der Waals surface area contributed by atoms with Crippen molar-refractivity contribution in [1.29, 1.82) is 0 Å². The average molecular weight is 244 g/mol. The first-order valence-corrected chi connectivity index (χ1v) is 5.74. The van der Waals surface area contributed by atoms with E-state index in [1.165, 1.54) is 0 Å². The molecular weight excluding hydrogens is 224 g/mol. The molecule has 1 aliphatic rings. The van der Waals surface area contributed by atoms with E-state index < -0.39 is 11.6 Å². The molecule has 0 aromatic rings. The molecule has 3 N–H and O–H groups in total. The van der Waals surface area contributed by atoms with Crippen molar-refractivity contribution in [3.63, 3.8) is 0 Å². The maximum atomic E-state index is 11.8. The summed E-state index contributed by atoms with van der Waals surface area (Å²) in [5.41, 5.74) is -1.93. The summed E-state index contributed by atoms with van der Waals surface area (Å²) in [7, 11) is 0. The lowest BCUT2D eigenvalue weighted by atomic mass is 10.1. The molecule has 0 aromatic heterocycles. The third kappa shape index (κ3) is 3.33. The second-order valence-corrected chi connectivity index (χ2v) is 5.08. The maximum absolute atomic E-state index is 11.8. The monoisotopic (exact) mass is 244 g/mol. The zero-order chi connectivity index (χ0) is 13.2. The molecule has 0 spiro atoms. The van der Waals surface area contributed by atoms with E-state index in [0.717, 1.165) is 13.3 Å². The topological polar surface area (TPSA) is 89.9 Å². The van der Waals surface area contributed by atoms with Crippen LogP contribution in [0.2, 0.25) is 0 Å². The number of carboxylic acids is 1. The van der Waals surface area contributed by atoms with Crippen molar-refractivity contribution in [2.24, 2.45) is 5.92 Å². The van der Waals surface area contributed by atoms with Crippen LogP contribution in [-0.4, -0.2) is 51.8 Å². The van der Waals surface area contributed by atoms with Crippen LogP contribution >= 0.6 is 0 Å². The van der Waals surface area contributed by atoms with Gasteiger partial charge in [0, 0.05) is 12.6 Å². The molecule has 0 saturated carbocycles. The number of urea groups is 1. The van der Waals surface area contributed by atoms with Crippen molar-refractivity contribution in [2.75, 3.05) is 13.1 Å². The Morgan fingerprint density at radius 1 is 1.47 bits per heavy atom. The smallest absolute Gasteiger partial charge is 0.337 e. The summed E-state index contributed by atoms with van der Waals surface area (Å²) in [4.78, 5) is 24.1. The molecular formula is C11H20N2O4. The third-order valence-electron chi connectivity index (χ3n) is 3.09. The van der Waals surface area contributed by atoms with E-state index in [4.69, 9.17) is 5.11 Å². The number of carbonyl (C=O) groups is 2. The van der Waals surface area contributed by atoms with Crippen LogP contribution in [0.1, 0.15) is 27.2 Å². The van der Waals surface area contributed by atoms with Gasteiger partial charge in [-0.25, -0.2) is 9.59 Å². The SMILES string of the molecule is CC1CC(C)N(C(=O)NCC(C)(O)C(=O)O)C1. The maximum Gasteiger partial charge on any atom is 0.337 e. The minimum Gasteiger partial charge on any atom is -0.479 e. The van der Waals surface area contributed by atoms with Crippen molar-refractivity contribution in [2.45, 2.75) is 38.8 Å². The molecule has 0 aliphatic carbocycles. The van der Waals surface area contributed by atoms with Crippen molar-refractivity contribution in [3.05, 3.63) is 0 Å². The first kappa shape index (κ1) is 13.8. The van der Waals surface area contributed by atoms with Gasteiger partial charge in [-0.1, -0.05) is 6.92 Å². The molecule has 6 heteroatoms. The first-order chi connectivity index (χ1) is 7.74. The van der Waals surface area contributed by atoms with Gasteiger partial charge in [0.25, 0.3) is 0 Å². The summed E-state index contributed by atoms with van der Waals surface area (Å²) < 4.78 is 0. The van der Waals surface area contributed by atoms with E-state index in [-0.39, 0.29) is 18.6 Å². The summed E-state index contributed by atoms with van der Waals surface area (Å²) in [5.74, 6) is -0.892. The van der Waals surface area contributed by atoms with Gasteiger partial charge in [0.2, 0.25) is 0 Å². The Hall–Kier alpha value is -1.30. The standard InChI is InChI=1S/C11H20N2O4/c1-7-4-8(2)13(5-7)10(16)12-6-11(3,17)9(14)15/h7-8,17H,4-6H2,1-3H3,(H,12,16)(H,14,15). The fraction of sp³-hybridized carbons (Fsp3) is 0.818. The number of aliphatic hydroxyl groups is 1. The number of hydrogen-bond acceptors (Lipinski definition) is 3. The zero-order valence-electron chi connectivity index (χ0n) is 10.4. The van der Waals surface area contributed by atoms with Crippen molar-refractivity contribution in [3.8, 4) is 0 Å². The molecule has 1 saturated heterocycles. The molecule has 3 unspecified atom stereocenters. The largest absolute Gasteiger partial charge is 0.479 e. The van der Waals surface area contributed by atoms with Crippen LogP contribution in [0.25, 0.3) is 0 Å². The van der Waals surface area contributed by atoms with E-state index in [9.17, 15) is 14.7 Å². The normalized spacial score (nSPS) is 27.6. The second-order valence-electron chi connectivity index (χ2n) is 5.08. The lowest BCUT2D eigenvalue weighted by Crippen LogP contribution is -2.50. The van der Waals surface area contributed by atoms with Crippen LogP contribution in [0.5, 0.6) is 0 Å². The highest BCUT2D eigenvalue weighted by atomic mass is 16.4. The van der Waals surface area contributed by atoms with E-state index in [2.05, 4.69) is 12.2 Å². The van der Waals surface area contributed by atoms with Crippen LogP contribution in [-0.2, 0) is 4.79 Å². The number of rotatable bonds is 3. The zero-order valence-corrected chi connectivity index (χ0v) is 10.4. The molecule has 17 heavy (non-hydrogen) atoms. The highest BCUT2D eigenvalue weighted by Crippen LogP contribution is 2.22. The van der Waals surface area contributed by atoms with Gasteiger partial charge in [-0.15, -0.1) is 0 Å². The van der Waals surface area contributed by atoms with Gasteiger partial charge in [-0.2, -0.15) is 0 Å². The van der Waals surface area contributed by atoms with Crippen LogP contribution < -0.4 is 5.32 Å². The fourth-order valence-corrected chi connectivity index (χ4v) is 2.01. The van der Waals surface area contributed by atoms with Gasteiger partial charge < -0.3 is 20.4 Å². The third-order valence-corrected chi connectivity index (χ3v) is 3.09. The summed E-state index contributed by atoms with van der Waals surface area (Å²) in [6, 6.07) is -0.164. The molecule has 3 atom stereocenters. The predicted molar refractivity (Wildman–Crippen MR) is 61.6 cm³/mol. The molecule has 1 heterocycles. The summed E-state index contributed by atoms with van der Waals surface area (Å²) >= 11 is 0. The molecule has 98 valence electrons. The Labute approximate surface area is 101 Å². The summed E-state index contributed by atoms with van der Waals surface area (Å²) in [5, 5.41) is 20.6. The molecule has 1 fully saturated rings. The number of likely N-dealkylation sites (tertiary alicyclic amines) is 1. The molecule has 1 rings (SSSR count). The summed E-state index contributed by atoms with van der Waals surface area (Å²) in [6.07, 6.45) is 0.947. The molecule has 6 nitrogen and oxygen atoms in total. The summed E-state index contributed by atoms with van der Waals surface area (Å²) in [6.45, 7) is 5.56. The fourth-order valence-electron chi connectivity index (χ4n) is 2.01. The van der Waals surface area contributed by atoms with Gasteiger partial charge in [0.15, 0.2) is 5.60 Å². The number of hydrogen-bond donors (Lipinski definition) is 3. The number of aliphatic carboxylic acids is 1. The van der Waals surface area contributed by atoms with Crippen LogP contribution in [0.15, 0.2) is 0 Å². The minimum absolute atomic E-state index is 0.153. The lowest BCUT2D eigenvalue weighted by Gasteiger charge is -2.24. The number of carboxylic acid groups (broad SMARTS) is 1. The van der Waals surface area contributed by atoms with Crippen molar-refractivity contribution < 1.29 is 19.8 Å². The molecule has 0 aromatic carbocycles. The van der Waals surface area contributed by atoms with Gasteiger partial charge in [0.1, 0.15) is 0 Å². The van der Waals surface area contributed by atoms with Crippen LogP contribution in [0.4, 0.5) is 4.79 Å². The molecule has 0 radical (unpaired) electrons. The van der Waals surface area contributed by atoms with Crippen molar-refractivity contribution in [1.82, 2.24) is 10.2 Å².